The van der Waals surface area contributed by atoms with Crippen LogP contribution in [0.15, 0.2) is 0 Å². The Balaban J connectivity index is 1.70. The van der Waals surface area contributed by atoms with Crippen LogP contribution in [-0.2, 0) is 0 Å². The molecule has 0 bridgehead atoms. The lowest BCUT2D eigenvalue weighted by Gasteiger charge is -2.37. The number of halogens is 1. The quantitative estimate of drug-likeness (QED) is 0.492. The molecule has 100 valence electrons. The molecule has 1 aliphatic carbocycles. The maximum absolute atomic E-state index is 3.66. The first-order valence-electron chi connectivity index (χ1n) is 7.89. The van der Waals surface area contributed by atoms with Gasteiger partial charge in [-0.3, -0.25) is 0 Å². The molecule has 1 saturated carbocycles. The summed E-state index contributed by atoms with van der Waals surface area (Å²) in [6, 6.07) is 4.98. The van der Waals surface area contributed by atoms with Gasteiger partial charge in [0.15, 0.2) is 0 Å². The van der Waals surface area contributed by atoms with Crippen LogP contribution < -0.4 is 0 Å². The fraction of sp³-hybridized carbons (Fsp3) is 1.00. The predicted octanol–water partition coefficient (Wildman–Crippen LogP) is 5.23. The highest BCUT2D eigenvalue weighted by atomic mass is 79.9. The van der Waals surface area contributed by atoms with Crippen LogP contribution in [0.25, 0.3) is 0 Å². The molecule has 0 aromatic rings. The molecule has 2 aliphatic rings. The Kier molecular flexibility index (Phi) is 6.08. The van der Waals surface area contributed by atoms with Crippen molar-refractivity contribution >= 4 is 24.7 Å². The van der Waals surface area contributed by atoms with E-state index < -0.39 is 0 Å². The van der Waals surface area contributed by atoms with Crippen molar-refractivity contribution in [2.45, 2.75) is 70.0 Å². The van der Waals surface area contributed by atoms with E-state index in [1.165, 1.54) is 24.6 Å². The Morgan fingerprint density at radius 3 is 2.06 bits per heavy atom. The van der Waals surface area contributed by atoms with Crippen LogP contribution in [0.4, 0.5) is 0 Å². The minimum Gasteiger partial charge on any atom is -0.0925 e. The third kappa shape index (κ3) is 4.09. The summed E-state index contributed by atoms with van der Waals surface area (Å²) in [4.78, 5) is 0. The van der Waals surface area contributed by atoms with Crippen molar-refractivity contribution in [3.8, 4) is 0 Å². The van der Waals surface area contributed by atoms with E-state index in [1.54, 1.807) is 43.8 Å². The first-order chi connectivity index (χ1) is 8.33. The van der Waals surface area contributed by atoms with Gasteiger partial charge in [0.1, 0.15) is 0 Å². The normalized spacial score (nSPS) is 39.2. The summed E-state index contributed by atoms with van der Waals surface area (Å²) in [5, 5.41) is 1.25. The third-order valence-corrected chi connectivity index (χ3v) is 9.97. The van der Waals surface area contributed by atoms with Gasteiger partial charge >= 0.3 is 0 Å². The Morgan fingerprint density at radius 1 is 0.941 bits per heavy atom. The molecule has 0 N–H and O–H groups in total. The van der Waals surface area contributed by atoms with Crippen LogP contribution in [0.2, 0.25) is 18.1 Å². The molecule has 0 spiro atoms. The van der Waals surface area contributed by atoms with Gasteiger partial charge in [-0.05, 0) is 43.4 Å². The second-order valence-electron chi connectivity index (χ2n) is 6.50. The summed E-state index contributed by atoms with van der Waals surface area (Å²) in [5.74, 6) is 3.24. The molecular weight excluding hydrogens is 288 g/mol. The average molecular weight is 317 g/mol. The Labute approximate surface area is 118 Å². The Bertz CT molecular complexity index is 203. The van der Waals surface area contributed by atoms with Gasteiger partial charge in [0.2, 0.25) is 0 Å². The first-order valence-corrected chi connectivity index (χ1v) is 11.5. The standard InChI is InChI=1S/C15H29BrSi/c1-2-9-17-10-7-15(8-11-17)14-5-3-13(12-16)4-6-14/h13-15,17H,2-12H2,1H3/t13-,14-,15-,17-. The maximum Gasteiger partial charge on any atom is 0.0367 e. The summed E-state index contributed by atoms with van der Waals surface area (Å²) < 4.78 is 0. The van der Waals surface area contributed by atoms with Crippen molar-refractivity contribution in [3.05, 3.63) is 0 Å². The molecule has 0 aromatic heterocycles. The van der Waals surface area contributed by atoms with Gasteiger partial charge < -0.3 is 0 Å². The molecule has 2 fully saturated rings. The molecule has 0 atom stereocenters. The smallest absolute Gasteiger partial charge is 0.0367 e. The summed E-state index contributed by atoms with van der Waals surface area (Å²) in [6.07, 6.45) is 10.8. The molecule has 1 heterocycles. The molecule has 0 radical (unpaired) electrons. The van der Waals surface area contributed by atoms with E-state index in [-0.39, 0.29) is 8.80 Å². The van der Waals surface area contributed by atoms with Crippen LogP contribution in [0.5, 0.6) is 0 Å². The minimum absolute atomic E-state index is 0.245. The fourth-order valence-corrected chi connectivity index (χ4v) is 8.30. The van der Waals surface area contributed by atoms with Gasteiger partial charge in [0.05, 0.1) is 0 Å². The van der Waals surface area contributed by atoms with Crippen molar-refractivity contribution in [1.29, 1.82) is 0 Å². The zero-order valence-electron chi connectivity index (χ0n) is 11.5. The van der Waals surface area contributed by atoms with Gasteiger partial charge in [0.25, 0.3) is 0 Å². The lowest BCUT2D eigenvalue weighted by Crippen LogP contribution is -2.28. The Morgan fingerprint density at radius 2 is 1.53 bits per heavy atom. The average Bonchev–Trinajstić information content (AvgIpc) is 2.40. The van der Waals surface area contributed by atoms with E-state index >= 15 is 0 Å². The maximum atomic E-state index is 3.66. The summed E-state index contributed by atoms with van der Waals surface area (Å²) >= 11 is 3.66. The molecule has 2 heteroatoms. The SMILES string of the molecule is CCC[Si@H]1CC[C@H]([C@H]2CC[C@H](CBr)CC2)CC1. The van der Waals surface area contributed by atoms with E-state index in [4.69, 9.17) is 0 Å². The predicted molar refractivity (Wildman–Crippen MR) is 83.8 cm³/mol. The third-order valence-electron chi connectivity index (χ3n) is 5.36. The molecule has 17 heavy (non-hydrogen) atoms. The summed E-state index contributed by atoms with van der Waals surface area (Å²) in [7, 11) is -0.245. The first kappa shape index (κ1) is 14.1. The molecule has 0 unspecified atom stereocenters. The van der Waals surface area contributed by atoms with Crippen LogP contribution in [0.3, 0.4) is 0 Å². The number of alkyl halides is 1. The highest BCUT2D eigenvalue weighted by molar-refractivity contribution is 9.09. The minimum atomic E-state index is -0.245. The molecule has 2 rings (SSSR count). The van der Waals surface area contributed by atoms with Crippen molar-refractivity contribution in [2.75, 3.05) is 5.33 Å². The lowest BCUT2D eigenvalue weighted by atomic mass is 9.74. The van der Waals surface area contributed by atoms with Crippen molar-refractivity contribution in [2.24, 2.45) is 17.8 Å². The highest BCUT2D eigenvalue weighted by Crippen LogP contribution is 2.41. The topological polar surface area (TPSA) is 0 Å². The largest absolute Gasteiger partial charge is 0.0925 e. The van der Waals surface area contributed by atoms with E-state index in [2.05, 4.69) is 22.9 Å². The van der Waals surface area contributed by atoms with Crippen LogP contribution >= 0.6 is 15.9 Å². The molecule has 0 aromatic carbocycles. The molecular formula is C15H29BrSi. The van der Waals surface area contributed by atoms with E-state index in [1.807, 2.05) is 0 Å². The molecule has 0 nitrogen and oxygen atoms in total. The lowest BCUT2D eigenvalue weighted by molar-refractivity contribution is 0.201. The van der Waals surface area contributed by atoms with Gasteiger partial charge in [-0.1, -0.05) is 60.2 Å². The van der Waals surface area contributed by atoms with Gasteiger partial charge in [-0.25, -0.2) is 0 Å². The highest BCUT2D eigenvalue weighted by Gasteiger charge is 2.30. The second kappa shape index (κ2) is 7.33. The van der Waals surface area contributed by atoms with Crippen molar-refractivity contribution < 1.29 is 0 Å². The molecule has 1 aliphatic heterocycles. The van der Waals surface area contributed by atoms with Gasteiger partial charge in [-0.15, -0.1) is 0 Å². The van der Waals surface area contributed by atoms with E-state index in [0.29, 0.717) is 0 Å². The van der Waals surface area contributed by atoms with Gasteiger partial charge in [-0.2, -0.15) is 0 Å². The summed E-state index contributed by atoms with van der Waals surface area (Å²) in [5.41, 5.74) is 0. The molecule has 1 saturated heterocycles. The Hall–Kier alpha value is 0.697. The zero-order chi connectivity index (χ0) is 12.1. The van der Waals surface area contributed by atoms with Crippen LogP contribution in [-0.4, -0.2) is 14.1 Å². The molecule has 0 amide bonds. The number of rotatable bonds is 4. The van der Waals surface area contributed by atoms with E-state index in [9.17, 15) is 0 Å². The fourth-order valence-electron chi connectivity index (χ4n) is 4.17. The second-order valence-corrected chi connectivity index (χ2v) is 10.6. The van der Waals surface area contributed by atoms with Crippen molar-refractivity contribution in [1.82, 2.24) is 0 Å². The zero-order valence-corrected chi connectivity index (χ0v) is 14.2. The van der Waals surface area contributed by atoms with E-state index in [0.717, 1.165) is 17.8 Å². The summed E-state index contributed by atoms with van der Waals surface area (Å²) in [6.45, 7) is 2.38. The van der Waals surface area contributed by atoms with Crippen LogP contribution in [0, 0.1) is 17.8 Å². The number of hydrogen-bond acceptors (Lipinski definition) is 0. The van der Waals surface area contributed by atoms with Crippen molar-refractivity contribution in [3.63, 3.8) is 0 Å². The van der Waals surface area contributed by atoms with Gasteiger partial charge in [0, 0.05) is 14.1 Å². The number of hydrogen-bond donors (Lipinski definition) is 0. The van der Waals surface area contributed by atoms with Crippen LogP contribution in [0.1, 0.15) is 51.9 Å². The monoisotopic (exact) mass is 316 g/mol.